The molecule has 2 aromatic rings. The lowest BCUT2D eigenvalue weighted by molar-refractivity contribution is -0.133. The molecule has 6 heteroatoms. The molecule has 2 heterocycles. The fourth-order valence-corrected chi connectivity index (χ4v) is 4.31. The Balaban J connectivity index is 2.09. The number of aldehydes is 1. The van der Waals surface area contributed by atoms with Gasteiger partial charge in [-0.3, -0.25) is 4.79 Å². The normalized spacial score (nSPS) is 23.0. The van der Waals surface area contributed by atoms with Crippen LogP contribution in [0.3, 0.4) is 0 Å². The molecule has 0 bridgehead atoms. The van der Waals surface area contributed by atoms with Crippen molar-refractivity contribution in [3.63, 3.8) is 0 Å². The molecule has 0 spiro atoms. The molecule has 3 rings (SSSR count). The van der Waals surface area contributed by atoms with Gasteiger partial charge in [-0.1, -0.05) is 12.1 Å². The number of sulfone groups is 1. The third-order valence-electron chi connectivity index (χ3n) is 4.17. The van der Waals surface area contributed by atoms with Crippen molar-refractivity contribution in [1.29, 1.82) is 0 Å². The molecule has 1 aromatic heterocycles. The molecule has 0 saturated carbocycles. The van der Waals surface area contributed by atoms with Crippen molar-refractivity contribution in [2.24, 2.45) is 0 Å². The summed E-state index contributed by atoms with van der Waals surface area (Å²) in [6, 6.07) is 8.53. The second-order valence-corrected chi connectivity index (χ2v) is 9.19. The average Bonchev–Trinajstić information content (AvgIpc) is 3.13. The molecule has 126 valence electrons. The summed E-state index contributed by atoms with van der Waals surface area (Å²) in [4.78, 5) is 12.1. The van der Waals surface area contributed by atoms with Gasteiger partial charge in [0, 0.05) is 11.8 Å². The van der Waals surface area contributed by atoms with E-state index in [1.54, 1.807) is 24.3 Å². The van der Waals surface area contributed by atoms with Crippen LogP contribution in [0.1, 0.15) is 25.0 Å². The summed E-state index contributed by atoms with van der Waals surface area (Å²) in [6.45, 7) is 3.81. The monoisotopic (exact) mass is 362 g/mol. The van der Waals surface area contributed by atoms with Gasteiger partial charge in [-0.2, -0.15) is 11.3 Å². The van der Waals surface area contributed by atoms with Crippen molar-refractivity contribution >= 4 is 33.0 Å². The van der Waals surface area contributed by atoms with Crippen LogP contribution in [0.15, 0.2) is 52.1 Å². The summed E-state index contributed by atoms with van der Waals surface area (Å²) in [5.41, 5.74) is 0.731. The number of benzene rings is 1. The van der Waals surface area contributed by atoms with Crippen molar-refractivity contribution in [2.75, 3.05) is 6.26 Å². The number of hydrogen-bond donors (Lipinski definition) is 0. The first-order chi connectivity index (χ1) is 11.2. The van der Waals surface area contributed by atoms with Gasteiger partial charge in [0.05, 0.1) is 10.5 Å². The molecule has 1 unspecified atom stereocenters. The van der Waals surface area contributed by atoms with E-state index in [9.17, 15) is 13.2 Å². The summed E-state index contributed by atoms with van der Waals surface area (Å²) in [5, 5.41) is 3.81. The number of carbonyl (C=O) groups is 1. The zero-order chi connectivity index (χ0) is 17.6. The smallest absolute Gasteiger partial charge is 0.175 e. The Kier molecular flexibility index (Phi) is 4.02. The molecule has 1 aliphatic heterocycles. The van der Waals surface area contributed by atoms with Gasteiger partial charge in [-0.25, -0.2) is 8.42 Å². The zero-order valence-electron chi connectivity index (χ0n) is 13.6. The van der Waals surface area contributed by atoms with Crippen molar-refractivity contribution in [3.05, 3.63) is 58.3 Å². The molecule has 0 fully saturated rings. The molecule has 1 aromatic carbocycles. The summed E-state index contributed by atoms with van der Waals surface area (Å²) in [5.74, 6) is 0. The molecule has 1 aliphatic rings. The molecule has 0 amide bonds. The van der Waals surface area contributed by atoms with E-state index in [2.05, 4.69) is 0 Å². The molecular formula is C18H18O4S2. The molecule has 24 heavy (non-hydrogen) atoms. The number of ether oxygens (including phenoxy) is 1. The van der Waals surface area contributed by atoms with Gasteiger partial charge < -0.3 is 4.74 Å². The lowest BCUT2D eigenvalue weighted by Gasteiger charge is -2.28. The Morgan fingerprint density at radius 3 is 2.29 bits per heavy atom. The Morgan fingerprint density at radius 1 is 1.12 bits per heavy atom. The molecular weight excluding hydrogens is 344 g/mol. The fourth-order valence-electron chi connectivity index (χ4n) is 2.96. The van der Waals surface area contributed by atoms with Crippen LogP contribution in [0.5, 0.6) is 0 Å². The quantitative estimate of drug-likeness (QED) is 0.782. The van der Waals surface area contributed by atoms with Crippen molar-refractivity contribution in [3.8, 4) is 0 Å². The van der Waals surface area contributed by atoms with E-state index in [0.29, 0.717) is 0 Å². The van der Waals surface area contributed by atoms with Gasteiger partial charge in [0.15, 0.2) is 21.7 Å². The standard InChI is InChI=1S/C18H18O4S2/c1-17(2)16(13-4-6-15(7-5-13)24(3,20)21)10-18(12-19,22-17)14-8-9-23-11-14/h4-12H,1-3H3. The van der Waals surface area contributed by atoms with Crippen LogP contribution < -0.4 is 0 Å². The second kappa shape index (κ2) is 5.65. The van der Waals surface area contributed by atoms with Gasteiger partial charge in [-0.15, -0.1) is 0 Å². The third-order valence-corrected chi connectivity index (χ3v) is 5.98. The van der Waals surface area contributed by atoms with Gasteiger partial charge in [0.1, 0.15) is 0 Å². The predicted octanol–water partition coefficient (Wildman–Crippen LogP) is 3.44. The minimum atomic E-state index is -3.24. The first-order valence-electron chi connectivity index (χ1n) is 7.41. The lowest BCUT2D eigenvalue weighted by atomic mass is 9.90. The molecule has 1 atom stereocenters. The van der Waals surface area contributed by atoms with E-state index in [1.165, 1.54) is 17.6 Å². The molecule has 4 nitrogen and oxygen atoms in total. The average molecular weight is 362 g/mol. The Hall–Kier alpha value is -1.76. The zero-order valence-corrected chi connectivity index (χ0v) is 15.3. The van der Waals surface area contributed by atoms with Crippen LogP contribution in [-0.4, -0.2) is 26.6 Å². The van der Waals surface area contributed by atoms with Crippen LogP contribution in [0.2, 0.25) is 0 Å². The largest absolute Gasteiger partial charge is 0.348 e. The van der Waals surface area contributed by atoms with Gasteiger partial charge in [-0.05, 0) is 60.0 Å². The Morgan fingerprint density at radius 2 is 1.79 bits per heavy atom. The molecule has 0 N–H and O–H groups in total. The van der Waals surface area contributed by atoms with Crippen LogP contribution in [-0.2, 0) is 25.0 Å². The Labute approximate surface area is 145 Å². The number of carbonyl (C=O) groups excluding carboxylic acids is 1. The van der Waals surface area contributed by atoms with E-state index < -0.39 is 21.0 Å². The third kappa shape index (κ3) is 2.85. The van der Waals surface area contributed by atoms with Crippen molar-refractivity contribution in [1.82, 2.24) is 0 Å². The van der Waals surface area contributed by atoms with E-state index in [1.807, 2.05) is 36.7 Å². The SMILES string of the molecule is CC1(C)OC(C=O)(c2ccsc2)C=C1c1ccc(S(C)(=O)=O)cc1. The number of hydrogen-bond acceptors (Lipinski definition) is 5. The highest BCUT2D eigenvalue weighted by Crippen LogP contribution is 2.46. The lowest BCUT2D eigenvalue weighted by Crippen LogP contribution is -2.32. The molecule has 0 radical (unpaired) electrons. The predicted molar refractivity (Wildman–Crippen MR) is 94.8 cm³/mol. The summed E-state index contributed by atoms with van der Waals surface area (Å²) in [6.07, 6.45) is 3.82. The molecule has 0 saturated heterocycles. The summed E-state index contributed by atoms with van der Waals surface area (Å²) >= 11 is 1.51. The first-order valence-corrected chi connectivity index (χ1v) is 10.2. The van der Waals surface area contributed by atoms with Crippen molar-refractivity contribution in [2.45, 2.75) is 29.9 Å². The molecule has 0 aliphatic carbocycles. The minimum Gasteiger partial charge on any atom is -0.348 e. The van der Waals surface area contributed by atoms with E-state index in [4.69, 9.17) is 4.74 Å². The van der Waals surface area contributed by atoms with Crippen LogP contribution in [0, 0.1) is 0 Å². The van der Waals surface area contributed by atoms with E-state index in [-0.39, 0.29) is 4.90 Å². The maximum atomic E-state index is 11.8. The summed E-state index contributed by atoms with van der Waals surface area (Å²) < 4.78 is 29.3. The highest BCUT2D eigenvalue weighted by molar-refractivity contribution is 7.90. The van der Waals surface area contributed by atoms with Gasteiger partial charge in [0.25, 0.3) is 0 Å². The number of thiophene rings is 1. The van der Waals surface area contributed by atoms with Crippen LogP contribution >= 0.6 is 11.3 Å². The fraction of sp³-hybridized carbons (Fsp3) is 0.278. The van der Waals surface area contributed by atoms with E-state index >= 15 is 0 Å². The Bertz CT molecular complexity index is 891. The van der Waals surface area contributed by atoms with E-state index in [0.717, 1.165) is 23.0 Å². The number of rotatable bonds is 4. The maximum Gasteiger partial charge on any atom is 0.175 e. The van der Waals surface area contributed by atoms with Crippen molar-refractivity contribution < 1.29 is 17.9 Å². The van der Waals surface area contributed by atoms with Crippen LogP contribution in [0.4, 0.5) is 0 Å². The highest BCUT2D eigenvalue weighted by atomic mass is 32.2. The maximum absolute atomic E-state index is 11.8. The summed E-state index contributed by atoms with van der Waals surface area (Å²) in [7, 11) is -3.24. The first kappa shape index (κ1) is 17.1. The van der Waals surface area contributed by atoms with Gasteiger partial charge in [0.2, 0.25) is 0 Å². The van der Waals surface area contributed by atoms with Gasteiger partial charge >= 0.3 is 0 Å². The topological polar surface area (TPSA) is 60.4 Å². The highest BCUT2D eigenvalue weighted by Gasteiger charge is 2.46. The minimum absolute atomic E-state index is 0.267. The second-order valence-electron chi connectivity index (χ2n) is 6.39. The van der Waals surface area contributed by atoms with Crippen LogP contribution in [0.25, 0.3) is 5.57 Å².